The Bertz CT molecular complexity index is 653. The lowest BCUT2D eigenvalue weighted by Gasteiger charge is -2.26. The van der Waals surface area contributed by atoms with Crippen molar-refractivity contribution in [3.63, 3.8) is 0 Å². The van der Waals surface area contributed by atoms with Crippen LogP contribution in [0.3, 0.4) is 0 Å². The molecule has 0 saturated carbocycles. The molecular weight excluding hydrogens is 254 g/mol. The van der Waals surface area contributed by atoms with Gasteiger partial charge in [-0.05, 0) is 36.6 Å². The molecule has 2 amide bonds. The summed E-state index contributed by atoms with van der Waals surface area (Å²) in [6, 6.07) is 5.23. The Balaban J connectivity index is 2.01. The van der Waals surface area contributed by atoms with Crippen LogP contribution in [0.5, 0.6) is 0 Å². The van der Waals surface area contributed by atoms with Crippen LogP contribution in [0.4, 0.5) is 16.4 Å². The Morgan fingerprint density at radius 2 is 2.00 bits per heavy atom. The normalized spacial score (nSPS) is 13.9. The fourth-order valence-corrected chi connectivity index (χ4v) is 2.41. The number of hydrogen-bond donors (Lipinski definition) is 2. The number of urea groups is 1. The lowest BCUT2D eigenvalue weighted by atomic mass is 10.0. The van der Waals surface area contributed by atoms with Gasteiger partial charge in [-0.3, -0.25) is 4.90 Å². The van der Waals surface area contributed by atoms with Crippen molar-refractivity contribution < 1.29 is 4.79 Å². The Morgan fingerprint density at radius 1 is 1.20 bits per heavy atom. The molecule has 2 aromatic rings. The van der Waals surface area contributed by atoms with Gasteiger partial charge in [-0.1, -0.05) is 0 Å². The van der Waals surface area contributed by atoms with Gasteiger partial charge in [-0.2, -0.15) is 0 Å². The third-order valence-corrected chi connectivity index (χ3v) is 3.41. The van der Waals surface area contributed by atoms with Gasteiger partial charge in [0.15, 0.2) is 0 Å². The van der Waals surface area contributed by atoms with Gasteiger partial charge in [0.1, 0.15) is 11.6 Å². The quantitative estimate of drug-likeness (QED) is 0.820. The molecule has 2 aromatic heterocycles. The molecule has 1 aliphatic heterocycles. The Kier molecular flexibility index (Phi) is 2.98. The van der Waals surface area contributed by atoms with E-state index in [4.69, 9.17) is 11.5 Å². The van der Waals surface area contributed by atoms with E-state index in [1.54, 1.807) is 18.5 Å². The van der Waals surface area contributed by atoms with Crippen LogP contribution in [0.15, 0.2) is 30.6 Å². The van der Waals surface area contributed by atoms with Gasteiger partial charge in [0.25, 0.3) is 0 Å². The van der Waals surface area contributed by atoms with E-state index in [1.165, 1.54) is 4.90 Å². The number of fused-ring (bicyclic) bond motifs is 1. The summed E-state index contributed by atoms with van der Waals surface area (Å²) in [6.45, 7) is 0.623. The third kappa shape index (κ3) is 2.16. The van der Waals surface area contributed by atoms with Crippen LogP contribution in [-0.2, 0) is 6.42 Å². The molecule has 0 fully saturated rings. The average molecular weight is 269 g/mol. The fourth-order valence-electron chi connectivity index (χ4n) is 2.41. The highest BCUT2D eigenvalue weighted by atomic mass is 16.2. The van der Waals surface area contributed by atoms with Gasteiger partial charge in [-0.25, -0.2) is 14.8 Å². The number of nitrogen functional groups attached to an aromatic ring is 1. The molecule has 0 spiro atoms. The topological polar surface area (TPSA) is 98.1 Å². The molecule has 0 aliphatic carbocycles. The molecule has 3 heterocycles. The van der Waals surface area contributed by atoms with Crippen LogP contribution in [0.2, 0.25) is 0 Å². The maximum atomic E-state index is 11.4. The Morgan fingerprint density at radius 3 is 2.70 bits per heavy atom. The summed E-state index contributed by atoms with van der Waals surface area (Å²) in [5, 5.41) is 0. The van der Waals surface area contributed by atoms with Gasteiger partial charge >= 0.3 is 6.03 Å². The fraction of sp³-hybridized carbons (Fsp3) is 0.214. The number of hydrogen-bond acceptors (Lipinski definition) is 4. The molecule has 6 nitrogen and oxygen atoms in total. The highest BCUT2D eigenvalue weighted by molar-refractivity contribution is 5.91. The van der Waals surface area contributed by atoms with E-state index >= 15 is 0 Å². The van der Waals surface area contributed by atoms with E-state index in [0.29, 0.717) is 18.2 Å². The smallest absolute Gasteiger partial charge is 0.320 e. The maximum absolute atomic E-state index is 11.4. The number of aryl methyl sites for hydroxylation is 1. The van der Waals surface area contributed by atoms with Crippen molar-refractivity contribution in [2.45, 2.75) is 12.8 Å². The molecule has 0 atom stereocenters. The van der Waals surface area contributed by atoms with Gasteiger partial charge in [0.05, 0.1) is 0 Å². The molecular formula is C14H15N5O. The van der Waals surface area contributed by atoms with Crippen molar-refractivity contribution in [3.8, 4) is 11.1 Å². The second kappa shape index (κ2) is 4.80. The summed E-state index contributed by atoms with van der Waals surface area (Å²) in [6.07, 6.45) is 5.23. The first-order valence-corrected chi connectivity index (χ1v) is 6.43. The maximum Gasteiger partial charge on any atom is 0.320 e. The first-order valence-electron chi connectivity index (χ1n) is 6.43. The van der Waals surface area contributed by atoms with Crippen LogP contribution in [0.1, 0.15) is 12.0 Å². The summed E-state index contributed by atoms with van der Waals surface area (Å²) in [7, 11) is 0. The van der Waals surface area contributed by atoms with Crippen molar-refractivity contribution in [3.05, 3.63) is 36.2 Å². The molecule has 0 saturated heterocycles. The molecule has 20 heavy (non-hydrogen) atoms. The van der Waals surface area contributed by atoms with Crippen molar-refractivity contribution in [1.29, 1.82) is 0 Å². The molecule has 0 aromatic carbocycles. The molecule has 0 radical (unpaired) electrons. The average Bonchev–Trinajstić information content (AvgIpc) is 2.46. The van der Waals surface area contributed by atoms with Crippen molar-refractivity contribution >= 4 is 17.7 Å². The largest absolute Gasteiger partial charge is 0.384 e. The molecule has 1 aliphatic rings. The Labute approximate surface area is 116 Å². The lowest BCUT2D eigenvalue weighted by Crippen LogP contribution is -2.40. The molecule has 102 valence electrons. The summed E-state index contributed by atoms with van der Waals surface area (Å²) >= 11 is 0. The summed E-state index contributed by atoms with van der Waals surface area (Å²) in [4.78, 5) is 21.4. The van der Waals surface area contributed by atoms with Crippen LogP contribution < -0.4 is 16.4 Å². The molecule has 0 unspecified atom stereocenters. The lowest BCUT2D eigenvalue weighted by molar-refractivity contribution is 0.253. The third-order valence-electron chi connectivity index (χ3n) is 3.41. The number of nitrogens with two attached hydrogens (primary N) is 2. The van der Waals surface area contributed by atoms with Crippen molar-refractivity contribution in [1.82, 2.24) is 9.97 Å². The zero-order valence-corrected chi connectivity index (χ0v) is 10.9. The Hall–Kier alpha value is -2.63. The monoisotopic (exact) mass is 269 g/mol. The van der Waals surface area contributed by atoms with E-state index in [0.717, 1.165) is 29.5 Å². The summed E-state index contributed by atoms with van der Waals surface area (Å²) in [5.41, 5.74) is 13.9. The highest BCUT2D eigenvalue weighted by Crippen LogP contribution is 2.29. The van der Waals surface area contributed by atoms with Crippen molar-refractivity contribution in [2.24, 2.45) is 5.73 Å². The van der Waals surface area contributed by atoms with Gasteiger partial charge < -0.3 is 11.5 Å². The van der Waals surface area contributed by atoms with Gasteiger partial charge in [-0.15, -0.1) is 0 Å². The van der Waals surface area contributed by atoms with Crippen LogP contribution >= 0.6 is 0 Å². The SMILES string of the molecule is NC(=O)N1CCCc2cc(-c3ccc(N)nc3)cnc21. The van der Waals surface area contributed by atoms with Gasteiger partial charge in [0, 0.05) is 30.1 Å². The number of anilines is 2. The molecule has 3 rings (SSSR count). The summed E-state index contributed by atoms with van der Waals surface area (Å²) < 4.78 is 0. The van der Waals surface area contributed by atoms with E-state index in [9.17, 15) is 4.79 Å². The predicted octanol–water partition coefficient (Wildman–Crippen LogP) is 1.56. The van der Waals surface area contributed by atoms with E-state index in [2.05, 4.69) is 9.97 Å². The molecule has 0 bridgehead atoms. The minimum absolute atomic E-state index is 0.458. The second-order valence-electron chi connectivity index (χ2n) is 4.77. The van der Waals surface area contributed by atoms with E-state index in [1.807, 2.05) is 12.1 Å². The number of pyridine rings is 2. The highest BCUT2D eigenvalue weighted by Gasteiger charge is 2.22. The number of amides is 2. The zero-order valence-electron chi connectivity index (χ0n) is 10.9. The second-order valence-corrected chi connectivity index (χ2v) is 4.77. The first kappa shape index (κ1) is 12.4. The van der Waals surface area contributed by atoms with Crippen LogP contribution in [-0.4, -0.2) is 22.5 Å². The number of aromatic nitrogens is 2. The number of carbonyl (C=O) groups is 1. The standard InChI is InChI=1S/C14H15N5O/c15-12-4-3-10(7-17-12)11-6-9-2-1-5-19(14(16)20)13(9)18-8-11/h3-4,6-8H,1-2,5H2,(H2,15,17)(H2,16,20). The van der Waals surface area contributed by atoms with E-state index < -0.39 is 6.03 Å². The van der Waals surface area contributed by atoms with Crippen LogP contribution in [0, 0.1) is 0 Å². The predicted molar refractivity (Wildman–Crippen MR) is 77.1 cm³/mol. The first-order chi connectivity index (χ1) is 9.65. The van der Waals surface area contributed by atoms with Crippen LogP contribution in [0.25, 0.3) is 11.1 Å². The number of rotatable bonds is 1. The molecule has 4 N–H and O–H groups in total. The molecule has 6 heteroatoms. The number of primary amides is 1. The van der Waals surface area contributed by atoms with E-state index in [-0.39, 0.29) is 0 Å². The van der Waals surface area contributed by atoms with Gasteiger partial charge in [0.2, 0.25) is 0 Å². The number of nitrogens with zero attached hydrogens (tertiary/aromatic N) is 3. The summed E-state index contributed by atoms with van der Waals surface area (Å²) in [5.74, 6) is 1.15. The zero-order chi connectivity index (χ0) is 14.1. The number of carbonyl (C=O) groups excluding carboxylic acids is 1. The van der Waals surface area contributed by atoms with Crippen molar-refractivity contribution in [2.75, 3.05) is 17.2 Å². The minimum atomic E-state index is -0.458. The minimum Gasteiger partial charge on any atom is -0.384 e.